The summed E-state index contributed by atoms with van der Waals surface area (Å²) in [7, 11) is 0. The van der Waals surface area contributed by atoms with Crippen LogP contribution < -0.4 is 5.48 Å². The van der Waals surface area contributed by atoms with Gasteiger partial charge in [0.15, 0.2) is 0 Å². The van der Waals surface area contributed by atoms with Gasteiger partial charge in [-0.15, -0.1) is 0 Å². The molecule has 2 aromatic rings. The van der Waals surface area contributed by atoms with Gasteiger partial charge in [-0.3, -0.25) is 10.7 Å². The highest BCUT2D eigenvalue weighted by Gasteiger charge is 2.18. The van der Waals surface area contributed by atoms with Gasteiger partial charge in [0.2, 0.25) is 0 Å². The lowest BCUT2D eigenvalue weighted by Gasteiger charge is -2.22. The first-order valence-corrected chi connectivity index (χ1v) is 8.88. The molecule has 1 unspecified atom stereocenters. The van der Waals surface area contributed by atoms with Crippen molar-refractivity contribution >= 4 is 5.57 Å². The Morgan fingerprint density at radius 3 is 2.15 bits per heavy atom. The zero-order valence-electron chi connectivity index (χ0n) is 15.5. The minimum Gasteiger partial charge on any atom is -0.291 e. The molecular weight excluding hydrogens is 318 g/mol. The van der Waals surface area contributed by atoms with Crippen molar-refractivity contribution in [2.24, 2.45) is 0 Å². The molecule has 0 fully saturated rings. The summed E-state index contributed by atoms with van der Waals surface area (Å²) < 4.78 is 0. The van der Waals surface area contributed by atoms with Crippen LogP contribution in [0.2, 0.25) is 0 Å². The van der Waals surface area contributed by atoms with Crippen LogP contribution in [0, 0.1) is 0 Å². The Morgan fingerprint density at radius 2 is 1.62 bits per heavy atom. The Morgan fingerprint density at radius 1 is 1.00 bits per heavy atom. The van der Waals surface area contributed by atoms with Crippen molar-refractivity contribution in [3.63, 3.8) is 0 Å². The number of nitrogens with one attached hydrogen (secondary N) is 1. The van der Waals surface area contributed by atoms with Gasteiger partial charge in [0.05, 0.1) is 0 Å². The summed E-state index contributed by atoms with van der Waals surface area (Å²) in [6.45, 7) is 8.06. The third kappa shape index (κ3) is 5.08. The number of benzene rings is 2. The van der Waals surface area contributed by atoms with Gasteiger partial charge in [0.1, 0.15) is 0 Å². The van der Waals surface area contributed by atoms with E-state index in [0.717, 1.165) is 12.0 Å². The van der Waals surface area contributed by atoms with Crippen LogP contribution in [-0.2, 0) is 0 Å². The fourth-order valence-corrected chi connectivity index (χ4v) is 3.06. The number of allylic oxidation sites excluding steroid dienone is 6. The summed E-state index contributed by atoms with van der Waals surface area (Å²) in [5.41, 5.74) is 7.50. The molecule has 0 saturated heterocycles. The van der Waals surface area contributed by atoms with Crippen molar-refractivity contribution in [2.75, 3.05) is 0 Å². The number of hydrogen-bond acceptors (Lipinski definition) is 2. The SMILES string of the molecule is C=C(NO)C(/C(=C/C)C/C=C\C(=C/C)c1ccccc1)c1ccccc1. The fraction of sp³-hybridized carbons (Fsp3) is 0.167. The van der Waals surface area contributed by atoms with E-state index in [-0.39, 0.29) is 5.92 Å². The molecule has 0 amide bonds. The van der Waals surface area contributed by atoms with Gasteiger partial charge in [-0.2, -0.15) is 0 Å². The predicted molar refractivity (Wildman–Crippen MR) is 111 cm³/mol. The normalized spacial score (nSPS) is 13.7. The molecule has 1 atom stereocenters. The highest BCUT2D eigenvalue weighted by atomic mass is 16.5. The van der Waals surface area contributed by atoms with E-state index in [0.29, 0.717) is 5.70 Å². The van der Waals surface area contributed by atoms with Crippen molar-refractivity contribution < 1.29 is 5.21 Å². The molecule has 0 aliphatic carbocycles. The van der Waals surface area contributed by atoms with E-state index in [9.17, 15) is 5.21 Å². The van der Waals surface area contributed by atoms with Crippen LogP contribution in [0.25, 0.3) is 5.57 Å². The molecule has 2 nitrogen and oxygen atoms in total. The van der Waals surface area contributed by atoms with Gasteiger partial charge >= 0.3 is 0 Å². The molecule has 2 N–H and O–H groups in total. The Kier molecular flexibility index (Phi) is 7.66. The van der Waals surface area contributed by atoms with Gasteiger partial charge in [-0.05, 0) is 37.0 Å². The summed E-state index contributed by atoms with van der Waals surface area (Å²) in [6.07, 6.45) is 9.31. The second-order valence-corrected chi connectivity index (χ2v) is 6.06. The van der Waals surface area contributed by atoms with Gasteiger partial charge in [-0.1, -0.05) is 97.1 Å². The third-order valence-corrected chi connectivity index (χ3v) is 4.44. The summed E-state index contributed by atoms with van der Waals surface area (Å²) in [6, 6.07) is 20.5. The average molecular weight is 345 g/mol. The van der Waals surface area contributed by atoms with Crippen LogP contribution in [0.4, 0.5) is 0 Å². The van der Waals surface area contributed by atoms with Crippen LogP contribution >= 0.6 is 0 Å². The lowest BCUT2D eigenvalue weighted by atomic mass is 9.86. The first-order valence-electron chi connectivity index (χ1n) is 8.88. The average Bonchev–Trinajstić information content (AvgIpc) is 2.71. The number of hydrogen-bond donors (Lipinski definition) is 2. The molecule has 2 heteroatoms. The number of rotatable bonds is 8. The molecule has 26 heavy (non-hydrogen) atoms. The maximum Gasteiger partial charge on any atom is 0.0467 e. The van der Waals surface area contributed by atoms with E-state index >= 15 is 0 Å². The van der Waals surface area contributed by atoms with Gasteiger partial charge in [-0.25, -0.2) is 0 Å². The Labute approximate surface area is 156 Å². The van der Waals surface area contributed by atoms with Crippen molar-refractivity contribution in [2.45, 2.75) is 26.2 Å². The molecule has 0 aromatic heterocycles. The predicted octanol–water partition coefficient (Wildman–Crippen LogP) is 6.26. The Bertz CT molecular complexity index is 785. The first-order chi connectivity index (χ1) is 12.7. The van der Waals surface area contributed by atoms with Crippen LogP contribution in [-0.4, -0.2) is 5.21 Å². The van der Waals surface area contributed by atoms with Crippen LogP contribution in [0.15, 0.2) is 103 Å². The third-order valence-electron chi connectivity index (χ3n) is 4.44. The molecule has 0 saturated carbocycles. The number of hydroxylamine groups is 1. The first kappa shape index (κ1) is 19.5. The van der Waals surface area contributed by atoms with E-state index in [1.165, 1.54) is 16.7 Å². The van der Waals surface area contributed by atoms with Gasteiger partial charge < -0.3 is 0 Å². The van der Waals surface area contributed by atoms with Crippen molar-refractivity contribution in [1.82, 2.24) is 5.48 Å². The van der Waals surface area contributed by atoms with Gasteiger partial charge in [0, 0.05) is 11.6 Å². The molecule has 2 rings (SSSR count). The second kappa shape index (κ2) is 10.2. The van der Waals surface area contributed by atoms with Crippen LogP contribution in [0.3, 0.4) is 0 Å². The standard InChI is InChI=1S/C24H27NO/c1-4-20(22-13-8-6-9-14-22)17-12-18-21(5-2)24(19(3)25-26)23-15-10-7-11-16-23/h4-17,24-26H,3,18H2,1-2H3/b17-12-,20-4+,21-5+. The summed E-state index contributed by atoms with van der Waals surface area (Å²) in [4.78, 5) is 0. The molecule has 2 aromatic carbocycles. The Hall–Kier alpha value is -2.84. The lowest BCUT2D eigenvalue weighted by Crippen LogP contribution is -2.16. The molecule has 0 spiro atoms. The molecule has 0 aliphatic rings. The molecule has 134 valence electrons. The fourth-order valence-electron chi connectivity index (χ4n) is 3.06. The summed E-state index contributed by atoms with van der Waals surface area (Å²) in [5.74, 6) is -0.0679. The van der Waals surface area contributed by atoms with Crippen LogP contribution in [0.5, 0.6) is 0 Å². The minimum atomic E-state index is -0.0679. The summed E-state index contributed by atoms with van der Waals surface area (Å²) in [5, 5.41) is 9.41. The molecule has 0 radical (unpaired) electrons. The molecule has 0 aliphatic heterocycles. The van der Waals surface area contributed by atoms with Crippen molar-refractivity contribution in [1.29, 1.82) is 0 Å². The largest absolute Gasteiger partial charge is 0.291 e. The molecular formula is C24H27NO. The molecule has 0 heterocycles. The zero-order chi connectivity index (χ0) is 18.8. The maximum atomic E-state index is 9.41. The zero-order valence-corrected chi connectivity index (χ0v) is 15.5. The second-order valence-electron chi connectivity index (χ2n) is 6.06. The van der Waals surface area contributed by atoms with E-state index < -0.39 is 0 Å². The van der Waals surface area contributed by atoms with E-state index in [1.54, 1.807) is 0 Å². The smallest absolute Gasteiger partial charge is 0.0467 e. The van der Waals surface area contributed by atoms with Crippen molar-refractivity contribution in [3.05, 3.63) is 114 Å². The van der Waals surface area contributed by atoms with E-state index in [1.807, 2.05) is 50.2 Å². The lowest BCUT2D eigenvalue weighted by molar-refractivity contribution is 0.195. The highest BCUT2D eigenvalue weighted by Crippen LogP contribution is 2.32. The van der Waals surface area contributed by atoms with Gasteiger partial charge in [0.25, 0.3) is 0 Å². The van der Waals surface area contributed by atoms with Crippen molar-refractivity contribution in [3.8, 4) is 0 Å². The topological polar surface area (TPSA) is 32.3 Å². The van der Waals surface area contributed by atoms with E-state index in [2.05, 4.69) is 60.6 Å². The quantitative estimate of drug-likeness (QED) is 0.336. The van der Waals surface area contributed by atoms with E-state index in [4.69, 9.17) is 0 Å². The highest BCUT2D eigenvalue weighted by molar-refractivity contribution is 5.73. The monoisotopic (exact) mass is 345 g/mol. The van der Waals surface area contributed by atoms with Crippen LogP contribution in [0.1, 0.15) is 37.3 Å². The minimum absolute atomic E-state index is 0.0679. The summed E-state index contributed by atoms with van der Waals surface area (Å²) >= 11 is 0. The molecule has 0 bridgehead atoms. The maximum absolute atomic E-state index is 9.41. The Balaban J connectivity index is 2.20.